The lowest BCUT2D eigenvalue weighted by Gasteiger charge is -2.34. The second-order valence-corrected chi connectivity index (χ2v) is 7.73. The van der Waals surface area contributed by atoms with E-state index in [0.29, 0.717) is 35.7 Å². The van der Waals surface area contributed by atoms with Crippen LogP contribution in [0, 0.1) is 11.9 Å². The molecule has 0 unspecified atom stereocenters. The van der Waals surface area contributed by atoms with Gasteiger partial charge in [0.2, 0.25) is 11.9 Å². The molecule has 31 heavy (non-hydrogen) atoms. The first kappa shape index (κ1) is 21.2. The molecule has 7 nitrogen and oxygen atoms in total. The Labute approximate surface area is 176 Å². The lowest BCUT2D eigenvalue weighted by molar-refractivity contribution is -0.109. The van der Waals surface area contributed by atoms with E-state index in [9.17, 15) is 18.0 Å². The number of nitrogens with zero attached hydrogens (tertiary/aromatic N) is 3. The topological polar surface area (TPSA) is 92.8 Å². The molecule has 1 saturated carbocycles. The van der Waals surface area contributed by atoms with Crippen LogP contribution in [0.3, 0.4) is 0 Å². The summed E-state index contributed by atoms with van der Waals surface area (Å²) in [6.45, 7) is 1.14. The SMILES string of the molecule is COCCCNc1ncnc2[nH]cc(C(=O)c3ccc(CC4CC(F)(F)C4)nc3F)c12. The molecule has 0 amide bonds. The van der Waals surface area contributed by atoms with E-state index >= 15 is 0 Å². The van der Waals surface area contributed by atoms with Crippen LogP contribution in [0.25, 0.3) is 11.0 Å². The van der Waals surface area contributed by atoms with Crippen molar-refractivity contribution in [2.24, 2.45) is 5.92 Å². The minimum absolute atomic E-state index is 0.197. The number of hydrogen-bond donors (Lipinski definition) is 2. The number of fused-ring (bicyclic) bond motifs is 1. The molecule has 0 spiro atoms. The summed E-state index contributed by atoms with van der Waals surface area (Å²) in [4.78, 5) is 28.1. The molecular weight excluding hydrogens is 411 g/mol. The molecule has 10 heteroatoms. The van der Waals surface area contributed by atoms with Gasteiger partial charge in [0.15, 0.2) is 5.78 Å². The van der Waals surface area contributed by atoms with Gasteiger partial charge in [0.25, 0.3) is 0 Å². The maximum Gasteiger partial charge on any atom is 0.248 e. The summed E-state index contributed by atoms with van der Waals surface area (Å²) in [5, 5.41) is 3.61. The van der Waals surface area contributed by atoms with Crippen molar-refractivity contribution in [3.05, 3.63) is 47.4 Å². The molecule has 0 aliphatic heterocycles. The molecule has 4 rings (SSSR count). The van der Waals surface area contributed by atoms with Crippen molar-refractivity contribution < 1.29 is 22.7 Å². The fourth-order valence-corrected chi connectivity index (χ4v) is 3.82. The number of alkyl halides is 2. The van der Waals surface area contributed by atoms with Crippen LogP contribution in [0.2, 0.25) is 0 Å². The molecule has 3 heterocycles. The Hall–Kier alpha value is -3.01. The van der Waals surface area contributed by atoms with Gasteiger partial charge in [-0.05, 0) is 30.9 Å². The normalized spacial score (nSPS) is 15.7. The van der Waals surface area contributed by atoms with Gasteiger partial charge in [-0.1, -0.05) is 0 Å². The number of halogens is 3. The van der Waals surface area contributed by atoms with E-state index in [1.54, 1.807) is 7.11 Å². The molecule has 164 valence electrons. The number of hydrogen-bond acceptors (Lipinski definition) is 6. The van der Waals surface area contributed by atoms with Crippen LogP contribution in [0.15, 0.2) is 24.7 Å². The summed E-state index contributed by atoms with van der Waals surface area (Å²) in [5.74, 6) is -3.88. The zero-order chi connectivity index (χ0) is 22.0. The molecule has 0 aromatic carbocycles. The monoisotopic (exact) mass is 433 g/mol. The first-order valence-corrected chi connectivity index (χ1v) is 10.0. The molecule has 0 saturated heterocycles. The summed E-state index contributed by atoms with van der Waals surface area (Å²) in [5.41, 5.74) is 0.829. The molecule has 1 aliphatic carbocycles. The van der Waals surface area contributed by atoms with Crippen LogP contribution in [0.4, 0.5) is 19.0 Å². The standard InChI is InChI=1S/C21H22F3N5O2/c1-31-6-2-5-25-19-16-15(10-26-20(16)28-11-27-19)17(30)14-4-3-13(29-18(14)22)7-12-8-21(23,24)9-12/h3-4,10-12H,2,5-9H2,1H3,(H2,25,26,27,28). The predicted octanol–water partition coefficient (Wildman–Crippen LogP) is 3.76. The van der Waals surface area contributed by atoms with E-state index in [1.165, 1.54) is 24.7 Å². The second-order valence-electron chi connectivity index (χ2n) is 7.73. The first-order valence-electron chi connectivity index (χ1n) is 10.0. The Kier molecular flexibility index (Phi) is 5.90. The van der Waals surface area contributed by atoms with Crippen molar-refractivity contribution >= 4 is 22.6 Å². The van der Waals surface area contributed by atoms with Gasteiger partial charge in [-0.15, -0.1) is 0 Å². The maximum absolute atomic E-state index is 14.7. The van der Waals surface area contributed by atoms with Gasteiger partial charge >= 0.3 is 0 Å². The van der Waals surface area contributed by atoms with E-state index < -0.39 is 17.7 Å². The van der Waals surface area contributed by atoms with Crippen molar-refractivity contribution in [3.8, 4) is 0 Å². The number of rotatable bonds is 9. The van der Waals surface area contributed by atoms with E-state index in [2.05, 4.69) is 25.3 Å². The van der Waals surface area contributed by atoms with Gasteiger partial charge in [-0.25, -0.2) is 23.7 Å². The molecule has 0 bridgehead atoms. The fraction of sp³-hybridized carbons (Fsp3) is 0.429. The molecule has 0 atom stereocenters. The van der Waals surface area contributed by atoms with E-state index in [-0.39, 0.29) is 36.3 Å². The number of carbonyl (C=O) groups excluding carboxylic acids is 1. The molecule has 3 aromatic heterocycles. The van der Waals surface area contributed by atoms with Crippen LogP contribution >= 0.6 is 0 Å². The number of aromatic amines is 1. The lowest BCUT2D eigenvalue weighted by Crippen LogP contribution is -2.36. The average molecular weight is 433 g/mol. The van der Waals surface area contributed by atoms with Gasteiger partial charge in [-0.3, -0.25) is 4.79 Å². The summed E-state index contributed by atoms with van der Waals surface area (Å²) in [6, 6.07) is 2.87. The quantitative estimate of drug-likeness (QED) is 0.303. The third kappa shape index (κ3) is 4.53. The number of ether oxygens (including phenoxy) is 1. The minimum atomic E-state index is -2.63. The van der Waals surface area contributed by atoms with Crippen LogP contribution in [0.1, 0.15) is 40.9 Å². The number of ketones is 1. The molecule has 3 aromatic rings. The summed E-state index contributed by atoms with van der Waals surface area (Å²) < 4.78 is 45.7. The van der Waals surface area contributed by atoms with Crippen molar-refractivity contribution in [3.63, 3.8) is 0 Å². The largest absolute Gasteiger partial charge is 0.385 e. The molecular formula is C21H22F3N5O2. The minimum Gasteiger partial charge on any atom is -0.385 e. The Morgan fingerprint density at radius 1 is 1.29 bits per heavy atom. The number of H-pyrrole nitrogens is 1. The van der Waals surface area contributed by atoms with Crippen LogP contribution < -0.4 is 5.32 Å². The van der Waals surface area contributed by atoms with Crippen LogP contribution in [0.5, 0.6) is 0 Å². The van der Waals surface area contributed by atoms with Gasteiger partial charge in [0, 0.05) is 45.0 Å². The number of anilines is 1. The maximum atomic E-state index is 14.7. The highest BCUT2D eigenvalue weighted by atomic mass is 19.3. The third-order valence-corrected chi connectivity index (χ3v) is 5.36. The smallest absolute Gasteiger partial charge is 0.248 e. The van der Waals surface area contributed by atoms with Gasteiger partial charge in [0.1, 0.15) is 17.8 Å². The van der Waals surface area contributed by atoms with Crippen molar-refractivity contribution in [1.82, 2.24) is 19.9 Å². The molecule has 0 radical (unpaired) electrons. The Morgan fingerprint density at radius 2 is 2.10 bits per heavy atom. The van der Waals surface area contributed by atoms with Crippen molar-refractivity contribution in [2.75, 3.05) is 25.6 Å². The number of nitrogens with one attached hydrogen (secondary N) is 2. The first-order chi connectivity index (χ1) is 14.9. The van der Waals surface area contributed by atoms with Crippen LogP contribution in [-0.2, 0) is 11.2 Å². The molecule has 1 aliphatic rings. The second kappa shape index (κ2) is 8.62. The molecule has 1 fully saturated rings. The van der Waals surface area contributed by atoms with Gasteiger partial charge < -0.3 is 15.0 Å². The zero-order valence-corrected chi connectivity index (χ0v) is 16.9. The number of carbonyl (C=O) groups is 1. The highest BCUT2D eigenvalue weighted by Crippen LogP contribution is 2.43. The lowest BCUT2D eigenvalue weighted by atomic mass is 9.78. The Bertz CT molecular complexity index is 1090. The van der Waals surface area contributed by atoms with Crippen LogP contribution in [-0.4, -0.2) is 51.9 Å². The van der Waals surface area contributed by atoms with Gasteiger partial charge in [0.05, 0.1) is 16.5 Å². The third-order valence-electron chi connectivity index (χ3n) is 5.36. The predicted molar refractivity (Wildman–Crippen MR) is 108 cm³/mol. The summed E-state index contributed by atoms with van der Waals surface area (Å²) in [6.07, 6.45) is 3.40. The number of methoxy groups -OCH3 is 1. The highest BCUT2D eigenvalue weighted by molar-refractivity contribution is 6.17. The van der Waals surface area contributed by atoms with E-state index in [1.807, 2.05) is 0 Å². The fourth-order valence-electron chi connectivity index (χ4n) is 3.82. The Morgan fingerprint density at radius 3 is 2.81 bits per heavy atom. The van der Waals surface area contributed by atoms with Crippen molar-refractivity contribution in [2.45, 2.75) is 31.6 Å². The van der Waals surface area contributed by atoms with Gasteiger partial charge in [-0.2, -0.15) is 4.39 Å². The number of pyridine rings is 1. The Balaban J connectivity index is 1.55. The van der Waals surface area contributed by atoms with E-state index in [4.69, 9.17) is 4.74 Å². The summed E-state index contributed by atoms with van der Waals surface area (Å²) in [7, 11) is 1.61. The van der Waals surface area contributed by atoms with E-state index in [0.717, 1.165) is 6.42 Å². The highest BCUT2D eigenvalue weighted by Gasteiger charge is 2.45. The average Bonchev–Trinajstić information content (AvgIpc) is 3.14. The molecule has 2 N–H and O–H groups in total. The van der Waals surface area contributed by atoms with Crippen molar-refractivity contribution in [1.29, 1.82) is 0 Å². The summed E-state index contributed by atoms with van der Waals surface area (Å²) >= 11 is 0. The number of aromatic nitrogens is 4. The zero-order valence-electron chi connectivity index (χ0n) is 16.9.